The van der Waals surface area contributed by atoms with Gasteiger partial charge in [0.25, 0.3) is 15.9 Å². The molecule has 3 rings (SSSR count). The first-order valence-electron chi connectivity index (χ1n) is 11.4. The van der Waals surface area contributed by atoms with Crippen molar-refractivity contribution >= 4 is 33.2 Å². The molecule has 184 valence electrons. The second-order valence-corrected chi connectivity index (χ2v) is 10.7. The van der Waals surface area contributed by atoms with E-state index in [1.165, 1.54) is 12.1 Å². The number of nitrogens with one attached hydrogen (secondary N) is 2. The third-order valence-electron chi connectivity index (χ3n) is 5.37. The number of para-hydroxylation sites is 1. The number of rotatable bonds is 9. The Bertz CT molecular complexity index is 1310. The molecule has 3 aromatic carbocycles. The first kappa shape index (κ1) is 26.0. The number of carbonyl (C=O) groups excluding carboxylic acids is 2. The van der Waals surface area contributed by atoms with E-state index >= 15 is 0 Å². The summed E-state index contributed by atoms with van der Waals surface area (Å²) < 4.78 is 28.3. The zero-order valence-corrected chi connectivity index (χ0v) is 21.2. The lowest BCUT2D eigenvalue weighted by atomic mass is 10.1. The molecule has 0 saturated heterocycles. The molecule has 8 heteroatoms. The predicted octanol–water partition coefficient (Wildman–Crippen LogP) is 4.52. The first-order chi connectivity index (χ1) is 16.6. The SMILES string of the molecule is Cc1ccc(C)c(N(CC(=O)Nc2ccccc2C(=O)NCC(C)C)S(=O)(=O)c2ccccc2)c1. The lowest BCUT2D eigenvalue weighted by Crippen LogP contribution is -2.39. The molecule has 0 atom stereocenters. The third kappa shape index (κ3) is 6.48. The summed E-state index contributed by atoms with van der Waals surface area (Å²) in [6.07, 6.45) is 0. The minimum absolute atomic E-state index is 0.0853. The van der Waals surface area contributed by atoms with E-state index in [4.69, 9.17) is 0 Å². The summed E-state index contributed by atoms with van der Waals surface area (Å²) in [5.41, 5.74) is 2.64. The van der Waals surface area contributed by atoms with Gasteiger partial charge in [-0.05, 0) is 61.2 Å². The Labute approximate surface area is 207 Å². The monoisotopic (exact) mass is 493 g/mol. The Morgan fingerprint density at radius 2 is 1.57 bits per heavy atom. The van der Waals surface area contributed by atoms with E-state index in [0.717, 1.165) is 15.4 Å². The van der Waals surface area contributed by atoms with Gasteiger partial charge in [-0.1, -0.05) is 56.3 Å². The largest absolute Gasteiger partial charge is 0.352 e. The van der Waals surface area contributed by atoms with Crippen molar-refractivity contribution in [3.05, 3.63) is 89.5 Å². The van der Waals surface area contributed by atoms with E-state index in [9.17, 15) is 18.0 Å². The Morgan fingerprint density at radius 1 is 0.914 bits per heavy atom. The molecule has 0 spiro atoms. The molecule has 0 radical (unpaired) electrons. The Morgan fingerprint density at radius 3 is 2.26 bits per heavy atom. The van der Waals surface area contributed by atoms with Crippen LogP contribution < -0.4 is 14.9 Å². The van der Waals surface area contributed by atoms with E-state index < -0.39 is 22.5 Å². The average molecular weight is 494 g/mol. The Kier molecular flexibility index (Phi) is 8.30. The fraction of sp³-hybridized carbons (Fsp3) is 0.259. The molecule has 0 fully saturated rings. The van der Waals surface area contributed by atoms with Crippen LogP contribution in [-0.4, -0.2) is 33.3 Å². The fourth-order valence-corrected chi connectivity index (χ4v) is 5.01. The second-order valence-electron chi connectivity index (χ2n) is 8.81. The van der Waals surface area contributed by atoms with E-state index in [0.29, 0.717) is 23.5 Å². The molecule has 0 bridgehead atoms. The van der Waals surface area contributed by atoms with Crippen molar-refractivity contribution in [2.45, 2.75) is 32.6 Å². The number of benzene rings is 3. The molecule has 35 heavy (non-hydrogen) atoms. The van der Waals surface area contributed by atoms with E-state index in [1.54, 1.807) is 55.5 Å². The van der Waals surface area contributed by atoms with Crippen LogP contribution in [0, 0.1) is 19.8 Å². The van der Waals surface area contributed by atoms with Crippen molar-refractivity contribution in [2.24, 2.45) is 5.92 Å². The number of hydrogen-bond acceptors (Lipinski definition) is 4. The van der Waals surface area contributed by atoms with Crippen molar-refractivity contribution in [1.29, 1.82) is 0 Å². The number of amides is 2. The van der Waals surface area contributed by atoms with Gasteiger partial charge >= 0.3 is 0 Å². The zero-order chi connectivity index (χ0) is 25.6. The van der Waals surface area contributed by atoms with Crippen molar-refractivity contribution in [1.82, 2.24) is 5.32 Å². The number of hydrogen-bond donors (Lipinski definition) is 2. The van der Waals surface area contributed by atoms with Crippen molar-refractivity contribution in [2.75, 3.05) is 22.7 Å². The van der Waals surface area contributed by atoms with Gasteiger partial charge in [0.2, 0.25) is 5.91 Å². The summed E-state index contributed by atoms with van der Waals surface area (Å²) in [5, 5.41) is 5.57. The number of aryl methyl sites for hydroxylation is 2. The third-order valence-corrected chi connectivity index (χ3v) is 7.14. The van der Waals surface area contributed by atoms with Crippen LogP contribution in [-0.2, 0) is 14.8 Å². The molecular formula is C27H31N3O4S. The van der Waals surface area contributed by atoms with Crippen LogP contribution in [0.4, 0.5) is 11.4 Å². The smallest absolute Gasteiger partial charge is 0.264 e. The van der Waals surface area contributed by atoms with Gasteiger partial charge in [0.1, 0.15) is 6.54 Å². The summed E-state index contributed by atoms with van der Waals surface area (Å²) in [4.78, 5) is 25.9. The van der Waals surface area contributed by atoms with Crippen LogP contribution >= 0.6 is 0 Å². The maximum absolute atomic E-state index is 13.6. The molecule has 0 aromatic heterocycles. The highest BCUT2D eigenvalue weighted by Crippen LogP contribution is 2.28. The summed E-state index contributed by atoms with van der Waals surface area (Å²) in [7, 11) is -4.03. The summed E-state index contributed by atoms with van der Waals surface area (Å²) >= 11 is 0. The molecular weight excluding hydrogens is 462 g/mol. The highest BCUT2D eigenvalue weighted by Gasteiger charge is 2.28. The topological polar surface area (TPSA) is 95.6 Å². The quantitative estimate of drug-likeness (QED) is 0.458. The standard InChI is InChI=1S/C27H31N3O4S/c1-19(2)17-28-27(32)23-12-8-9-13-24(23)29-26(31)18-30(25-16-20(3)14-15-21(25)4)35(33,34)22-10-6-5-7-11-22/h5-16,19H,17-18H2,1-4H3,(H,28,32)(H,29,31). The summed E-state index contributed by atoms with van der Waals surface area (Å²) in [5.74, 6) is -0.595. The van der Waals surface area contributed by atoms with Crippen LogP contribution in [0.3, 0.4) is 0 Å². The molecule has 0 unspecified atom stereocenters. The highest BCUT2D eigenvalue weighted by atomic mass is 32.2. The Balaban J connectivity index is 1.93. The van der Waals surface area contributed by atoms with Gasteiger partial charge in [-0.15, -0.1) is 0 Å². The van der Waals surface area contributed by atoms with Gasteiger partial charge in [0, 0.05) is 6.54 Å². The number of anilines is 2. The van der Waals surface area contributed by atoms with Gasteiger partial charge in [-0.2, -0.15) is 0 Å². The zero-order valence-electron chi connectivity index (χ0n) is 20.4. The lowest BCUT2D eigenvalue weighted by molar-refractivity contribution is -0.114. The van der Waals surface area contributed by atoms with Gasteiger partial charge in [0.05, 0.1) is 21.8 Å². The molecule has 0 aliphatic carbocycles. The molecule has 3 aromatic rings. The average Bonchev–Trinajstić information content (AvgIpc) is 2.83. The minimum atomic E-state index is -4.03. The molecule has 2 N–H and O–H groups in total. The number of nitrogens with zero attached hydrogens (tertiary/aromatic N) is 1. The van der Waals surface area contributed by atoms with Crippen LogP contribution in [0.2, 0.25) is 0 Å². The van der Waals surface area contributed by atoms with E-state index in [2.05, 4.69) is 10.6 Å². The predicted molar refractivity (Wildman–Crippen MR) is 139 cm³/mol. The maximum atomic E-state index is 13.6. The number of carbonyl (C=O) groups is 2. The van der Waals surface area contributed by atoms with Crippen molar-refractivity contribution in [3.63, 3.8) is 0 Å². The van der Waals surface area contributed by atoms with Crippen LogP contribution in [0.1, 0.15) is 35.3 Å². The summed E-state index contributed by atoms with van der Waals surface area (Å²) in [6.45, 7) is 7.68. The van der Waals surface area contributed by atoms with Crippen LogP contribution in [0.25, 0.3) is 0 Å². The lowest BCUT2D eigenvalue weighted by Gasteiger charge is -2.26. The van der Waals surface area contributed by atoms with Crippen molar-refractivity contribution in [3.8, 4) is 0 Å². The van der Waals surface area contributed by atoms with Gasteiger partial charge in [-0.25, -0.2) is 8.42 Å². The highest BCUT2D eigenvalue weighted by molar-refractivity contribution is 7.92. The molecule has 0 aliphatic rings. The maximum Gasteiger partial charge on any atom is 0.264 e. The van der Waals surface area contributed by atoms with Gasteiger partial charge in [-0.3, -0.25) is 13.9 Å². The van der Waals surface area contributed by atoms with Gasteiger partial charge in [0.15, 0.2) is 0 Å². The molecule has 0 aliphatic heterocycles. The fourth-order valence-electron chi connectivity index (χ4n) is 3.51. The van der Waals surface area contributed by atoms with Crippen LogP contribution in [0.5, 0.6) is 0 Å². The summed E-state index contributed by atoms with van der Waals surface area (Å²) in [6, 6.07) is 20.1. The van der Waals surface area contributed by atoms with Crippen molar-refractivity contribution < 1.29 is 18.0 Å². The second kappa shape index (κ2) is 11.2. The normalized spacial score (nSPS) is 11.2. The minimum Gasteiger partial charge on any atom is -0.352 e. The van der Waals surface area contributed by atoms with E-state index in [1.807, 2.05) is 32.9 Å². The molecule has 0 heterocycles. The number of sulfonamides is 1. The molecule has 7 nitrogen and oxygen atoms in total. The van der Waals surface area contributed by atoms with Gasteiger partial charge < -0.3 is 10.6 Å². The Hall–Kier alpha value is -3.65. The van der Waals surface area contributed by atoms with Crippen LogP contribution in [0.15, 0.2) is 77.7 Å². The molecule has 0 saturated carbocycles. The van der Waals surface area contributed by atoms with E-state index in [-0.39, 0.29) is 16.7 Å². The first-order valence-corrected chi connectivity index (χ1v) is 12.9. The molecule has 2 amide bonds.